The molecule has 2 nitrogen and oxygen atoms in total. The molecule has 0 aliphatic carbocycles. The van der Waals surface area contributed by atoms with Crippen LogP contribution in [0.15, 0.2) is 58.3 Å². The molecule has 0 atom stereocenters. The second-order valence-electron chi connectivity index (χ2n) is 5.33. The van der Waals surface area contributed by atoms with E-state index in [-0.39, 0.29) is 5.82 Å². The van der Waals surface area contributed by atoms with E-state index in [9.17, 15) is 9.50 Å². The average Bonchev–Trinajstić information content (AvgIpc) is 2.51. The summed E-state index contributed by atoms with van der Waals surface area (Å²) in [5.74, 6) is -0.232. The average molecular weight is 303 g/mol. The van der Waals surface area contributed by atoms with Crippen LogP contribution in [0, 0.1) is 5.82 Å². The summed E-state index contributed by atoms with van der Waals surface area (Å²) < 4.78 is 13.0. The monoisotopic (exact) mass is 303 g/mol. The lowest BCUT2D eigenvalue weighted by atomic mass is 9.85. The summed E-state index contributed by atoms with van der Waals surface area (Å²) in [6, 6.07) is 14.4. The molecule has 0 unspecified atom stereocenters. The lowest BCUT2D eigenvalue weighted by Gasteiger charge is -2.34. The molecule has 1 aliphatic rings. The minimum Gasteiger partial charge on any atom is -0.385 e. The zero-order chi connectivity index (χ0) is 14.7. The third kappa shape index (κ3) is 3.28. The fraction of sp³-hybridized carbons (Fsp3) is 0.294. The third-order valence-electron chi connectivity index (χ3n) is 3.86. The van der Waals surface area contributed by atoms with Gasteiger partial charge in [0.2, 0.25) is 0 Å². The minimum absolute atomic E-state index is 0.232. The largest absolute Gasteiger partial charge is 0.385 e. The van der Waals surface area contributed by atoms with Crippen molar-refractivity contribution in [1.29, 1.82) is 0 Å². The Hall–Kier alpha value is -1.36. The van der Waals surface area contributed by atoms with Gasteiger partial charge in [-0.05, 0) is 61.8 Å². The van der Waals surface area contributed by atoms with Crippen LogP contribution in [0.1, 0.15) is 18.4 Å². The van der Waals surface area contributed by atoms with Gasteiger partial charge in [0, 0.05) is 9.79 Å². The summed E-state index contributed by atoms with van der Waals surface area (Å²) >= 11 is 1.57. The molecule has 0 radical (unpaired) electrons. The third-order valence-corrected chi connectivity index (χ3v) is 4.94. The fourth-order valence-corrected chi connectivity index (χ4v) is 3.72. The predicted molar refractivity (Wildman–Crippen MR) is 83.0 cm³/mol. The van der Waals surface area contributed by atoms with E-state index in [1.165, 1.54) is 12.1 Å². The van der Waals surface area contributed by atoms with Crippen LogP contribution >= 0.6 is 11.8 Å². The molecular weight excluding hydrogens is 285 g/mol. The van der Waals surface area contributed by atoms with Gasteiger partial charge in [0.15, 0.2) is 0 Å². The number of hydrogen-bond acceptors (Lipinski definition) is 3. The first kappa shape index (κ1) is 14.6. The van der Waals surface area contributed by atoms with Crippen LogP contribution < -0.4 is 5.32 Å². The Morgan fingerprint density at radius 3 is 2.38 bits per heavy atom. The molecule has 0 bridgehead atoms. The summed E-state index contributed by atoms with van der Waals surface area (Å²) in [4.78, 5) is 2.01. The molecule has 2 aromatic carbocycles. The Labute approximate surface area is 128 Å². The molecule has 2 aromatic rings. The normalized spacial score (nSPS) is 17.6. The molecule has 1 aliphatic heterocycles. The van der Waals surface area contributed by atoms with Gasteiger partial charge in [-0.2, -0.15) is 0 Å². The van der Waals surface area contributed by atoms with E-state index in [1.807, 2.05) is 24.3 Å². The van der Waals surface area contributed by atoms with E-state index in [4.69, 9.17) is 0 Å². The van der Waals surface area contributed by atoms with E-state index >= 15 is 0 Å². The molecule has 1 heterocycles. The number of aliphatic hydroxyl groups is 1. The maximum Gasteiger partial charge on any atom is 0.123 e. The first-order chi connectivity index (χ1) is 10.2. The van der Waals surface area contributed by atoms with Crippen molar-refractivity contribution in [2.45, 2.75) is 28.2 Å². The van der Waals surface area contributed by atoms with Crippen molar-refractivity contribution in [3.05, 3.63) is 59.9 Å². The maximum atomic E-state index is 13.0. The number of halogens is 1. The number of rotatable bonds is 3. The lowest BCUT2D eigenvalue weighted by Crippen LogP contribution is -2.40. The van der Waals surface area contributed by atoms with E-state index in [0.717, 1.165) is 28.4 Å². The van der Waals surface area contributed by atoms with Crippen molar-refractivity contribution in [2.75, 3.05) is 13.1 Å². The van der Waals surface area contributed by atoms with Crippen molar-refractivity contribution in [3.8, 4) is 0 Å². The molecule has 3 rings (SSSR count). The summed E-state index contributed by atoms with van der Waals surface area (Å²) in [6.45, 7) is 1.65. The Bertz CT molecular complexity index is 608. The molecule has 1 fully saturated rings. The minimum atomic E-state index is -0.769. The van der Waals surface area contributed by atoms with Crippen molar-refractivity contribution in [1.82, 2.24) is 5.32 Å². The predicted octanol–water partition coefficient (Wildman–Crippen LogP) is 3.55. The van der Waals surface area contributed by atoms with Gasteiger partial charge in [-0.1, -0.05) is 30.0 Å². The number of nitrogens with one attached hydrogen (secondary N) is 1. The zero-order valence-electron chi connectivity index (χ0n) is 11.7. The summed E-state index contributed by atoms with van der Waals surface area (Å²) in [5, 5.41) is 14.2. The Morgan fingerprint density at radius 2 is 1.67 bits per heavy atom. The van der Waals surface area contributed by atoms with Gasteiger partial charge in [-0.25, -0.2) is 4.39 Å². The SMILES string of the molecule is OC1(c2ccccc2Sc2ccc(F)cc2)CCNCC1. The van der Waals surface area contributed by atoms with Crippen molar-refractivity contribution < 1.29 is 9.50 Å². The first-order valence-electron chi connectivity index (χ1n) is 7.13. The van der Waals surface area contributed by atoms with E-state index < -0.39 is 5.60 Å². The molecule has 4 heteroatoms. The van der Waals surface area contributed by atoms with E-state index in [2.05, 4.69) is 5.32 Å². The highest BCUT2D eigenvalue weighted by Crippen LogP contribution is 2.39. The van der Waals surface area contributed by atoms with E-state index in [0.29, 0.717) is 12.8 Å². The molecule has 2 N–H and O–H groups in total. The Kier molecular flexibility index (Phi) is 4.29. The van der Waals surface area contributed by atoms with Gasteiger partial charge in [0.1, 0.15) is 5.82 Å². The zero-order valence-corrected chi connectivity index (χ0v) is 12.5. The highest BCUT2D eigenvalue weighted by molar-refractivity contribution is 7.99. The van der Waals surface area contributed by atoms with Crippen molar-refractivity contribution in [2.24, 2.45) is 0 Å². The maximum absolute atomic E-state index is 13.0. The van der Waals surface area contributed by atoms with Crippen LogP contribution in [0.25, 0.3) is 0 Å². The Balaban J connectivity index is 1.90. The van der Waals surface area contributed by atoms with Gasteiger partial charge in [0.05, 0.1) is 5.60 Å². The van der Waals surface area contributed by atoms with Gasteiger partial charge < -0.3 is 10.4 Å². The van der Waals surface area contributed by atoms with Crippen molar-refractivity contribution in [3.63, 3.8) is 0 Å². The van der Waals surface area contributed by atoms with Crippen LogP contribution in [-0.4, -0.2) is 18.2 Å². The van der Waals surface area contributed by atoms with Gasteiger partial charge in [-0.15, -0.1) is 0 Å². The topological polar surface area (TPSA) is 32.3 Å². The number of piperidine rings is 1. The van der Waals surface area contributed by atoms with Gasteiger partial charge in [0.25, 0.3) is 0 Å². The Morgan fingerprint density at radius 1 is 1.00 bits per heavy atom. The summed E-state index contributed by atoms with van der Waals surface area (Å²) in [5.41, 5.74) is 0.204. The summed E-state index contributed by atoms with van der Waals surface area (Å²) in [6.07, 6.45) is 1.43. The lowest BCUT2D eigenvalue weighted by molar-refractivity contribution is 0.00351. The van der Waals surface area contributed by atoms with Gasteiger partial charge in [-0.3, -0.25) is 0 Å². The van der Waals surface area contributed by atoms with Crippen LogP contribution in [0.2, 0.25) is 0 Å². The van der Waals surface area contributed by atoms with Crippen LogP contribution in [0.5, 0.6) is 0 Å². The van der Waals surface area contributed by atoms with Crippen molar-refractivity contribution >= 4 is 11.8 Å². The quantitative estimate of drug-likeness (QED) is 0.909. The smallest absolute Gasteiger partial charge is 0.123 e. The standard InChI is InChI=1S/C17H18FNOS/c18-13-5-7-14(8-6-13)21-16-4-2-1-3-15(16)17(20)9-11-19-12-10-17/h1-8,19-20H,9-12H2. The van der Waals surface area contributed by atoms with Gasteiger partial charge >= 0.3 is 0 Å². The molecule has 0 spiro atoms. The van der Waals surface area contributed by atoms with Crippen LogP contribution in [0.4, 0.5) is 4.39 Å². The van der Waals surface area contributed by atoms with E-state index in [1.54, 1.807) is 23.9 Å². The molecule has 21 heavy (non-hydrogen) atoms. The number of hydrogen-bond donors (Lipinski definition) is 2. The second kappa shape index (κ2) is 6.18. The molecule has 0 saturated carbocycles. The van der Waals surface area contributed by atoms with Crippen LogP contribution in [-0.2, 0) is 5.60 Å². The highest BCUT2D eigenvalue weighted by Gasteiger charge is 2.33. The van der Waals surface area contributed by atoms with Crippen LogP contribution in [0.3, 0.4) is 0 Å². The highest BCUT2D eigenvalue weighted by atomic mass is 32.2. The molecule has 0 aromatic heterocycles. The molecule has 0 amide bonds. The fourth-order valence-electron chi connectivity index (χ4n) is 2.68. The first-order valence-corrected chi connectivity index (χ1v) is 7.95. The summed E-state index contributed by atoms with van der Waals surface area (Å²) in [7, 11) is 0. The molecular formula is C17H18FNOS. The second-order valence-corrected chi connectivity index (χ2v) is 6.45. The molecule has 1 saturated heterocycles. The number of benzene rings is 2. The molecule has 110 valence electrons.